The Morgan fingerprint density at radius 3 is 2.72 bits per heavy atom. The standard InChI is InChI=1S/C18H18Cl2N4O3S2/c19-12-8-10(14(20)29-12)11-9-28-16(21-11)22-13(25)4-7-24-15(26)18(23-17(24)27)5-2-1-3-6-18/h8-9H,1-7H2,(H,23,27)(H,21,22,25). The number of thiazole rings is 1. The second-order valence-electron chi connectivity index (χ2n) is 7.10. The lowest BCUT2D eigenvalue weighted by atomic mass is 9.82. The molecular weight excluding hydrogens is 455 g/mol. The number of aromatic nitrogens is 1. The van der Waals surface area contributed by atoms with Crippen molar-refractivity contribution in [3.8, 4) is 11.3 Å². The van der Waals surface area contributed by atoms with E-state index >= 15 is 0 Å². The highest BCUT2D eigenvalue weighted by molar-refractivity contribution is 7.20. The molecule has 1 aliphatic heterocycles. The van der Waals surface area contributed by atoms with Crippen LogP contribution in [0, 0.1) is 0 Å². The molecule has 1 aliphatic carbocycles. The molecule has 3 heterocycles. The van der Waals surface area contributed by atoms with Crippen LogP contribution in [0.25, 0.3) is 11.3 Å². The summed E-state index contributed by atoms with van der Waals surface area (Å²) in [5.74, 6) is -0.527. The van der Waals surface area contributed by atoms with Crippen LogP contribution in [0.3, 0.4) is 0 Å². The van der Waals surface area contributed by atoms with E-state index in [-0.39, 0.29) is 24.8 Å². The number of rotatable bonds is 5. The first-order valence-electron chi connectivity index (χ1n) is 9.23. The molecule has 0 atom stereocenters. The van der Waals surface area contributed by atoms with Crippen LogP contribution < -0.4 is 10.6 Å². The van der Waals surface area contributed by atoms with Crippen molar-refractivity contribution in [3.05, 3.63) is 20.1 Å². The Labute approximate surface area is 185 Å². The fraction of sp³-hybridized carbons (Fsp3) is 0.444. The summed E-state index contributed by atoms with van der Waals surface area (Å²) in [4.78, 5) is 42.8. The fourth-order valence-electron chi connectivity index (χ4n) is 3.74. The summed E-state index contributed by atoms with van der Waals surface area (Å²) in [7, 11) is 0. The van der Waals surface area contributed by atoms with Crippen LogP contribution in [0.2, 0.25) is 8.67 Å². The van der Waals surface area contributed by atoms with Gasteiger partial charge < -0.3 is 10.6 Å². The van der Waals surface area contributed by atoms with Gasteiger partial charge in [0.2, 0.25) is 5.91 Å². The van der Waals surface area contributed by atoms with Crippen LogP contribution in [-0.2, 0) is 9.59 Å². The number of hydrogen-bond acceptors (Lipinski definition) is 6. The van der Waals surface area contributed by atoms with Gasteiger partial charge in [-0.3, -0.25) is 14.5 Å². The molecule has 1 spiro atoms. The van der Waals surface area contributed by atoms with E-state index in [1.165, 1.54) is 22.7 Å². The van der Waals surface area contributed by atoms with Crippen molar-refractivity contribution in [2.45, 2.75) is 44.1 Å². The molecule has 0 unspecified atom stereocenters. The lowest BCUT2D eigenvalue weighted by molar-refractivity contribution is -0.132. The van der Waals surface area contributed by atoms with E-state index in [0.29, 0.717) is 32.3 Å². The number of carbonyl (C=O) groups is 3. The van der Waals surface area contributed by atoms with Gasteiger partial charge in [0.25, 0.3) is 5.91 Å². The van der Waals surface area contributed by atoms with E-state index in [1.807, 2.05) is 0 Å². The Morgan fingerprint density at radius 1 is 1.28 bits per heavy atom. The largest absolute Gasteiger partial charge is 0.325 e. The van der Waals surface area contributed by atoms with E-state index in [9.17, 15) is 14.4 Å². The first-order chi connectivity index (χ1) is 13.9. The molecule has 11 heteroatoms. The number of carbonyl (C=O) groups excluding carboxylic acids is 3. The molecule has 4 amide bonds. The number of amides is 4. The van der Waals surface area contributed by atoms with Gasteiger partial charge in [0.15, 0.2) is 5.13 Å². The number of imide groups is 1. The average Bonchev–Trinajstić information content (AvgIpc) is 3.33. The molecule has 7 nitrogen and oxygen atoms in total. The van der Waals surface area contributed by atoms with Gasteiger partial charge in [0.05, 0.1) is 10.0 Å². The molecule has 0 aromatic carbocycles. The first-order valence-corrected chi connectivity index (χ1v) is 11.7. The Morgan fingerprint density at radius 2 is 2.03 bits per heavy atom. The predicted molar refractivity (Wildman–Crippen MR) is 115 cm³/mol. The van der Waals surface area contributed by atoms with Gasteiger partial charge in [0.1, 0.15) is 9.88 Å². The van der Waals surface area contributed by atoms with Crippen molar-refractivity contribution in [1.29, 1.82) is 0 Å². The third kappa shape index (κ3) is 4.14. The number of anilines is 1. The van der Waals surface area contributed by atoms with E-state index < -0.39 is 11.6 Å². The quantitative estimate of drug-likeness (QED) is 0.613. The topological polar surface area (TPSA) is 91.4 Å². The van der Waals surface area contributed by atoms with Crippen LogP contribution >= 0.6 is 45.9 Å². The minimum Gasteiger partial charge on any atom is -0.323 e. The van der Waals surface area contributed by atoms with Crippen molar-refractivity contribution in [2.24, 2.45) is 0 Å². The zero-order valence-electron chi connectivity index (χ0n) is 15.3. The highest BCUT2D eigenvalue weighted by Crippen LogP contribution is 2.39. The van der Waals surface area contributed by atoms with E-state index in [1.54, 1.807) is 11.4 Å². The van der Waals surface area contributed by atoms with Gasteiger partial charge in [0, 0.05) is 23.9 Å². The molecule has 1 saturated carbocycles. The van der Waals surface area contributed by atoms with Crippen LogP contribution in [-0.4, -0.2) is 39.8 Å². The highest BCUT2D eigenvalue weighted by atomic mass is 35.5. The number of hydrogen-bond donors (Lipinski definition) is 2. The number of halogens is 2. The molecule has 2 aromatic rings. The van der Waals surface area contributed by atoms with E-state index in [0.717, 1.165) is 29.7 Å². The summed E-state index contributed by atoms with van der Waals surface area (Å²) in [5, 5.41) is 7.76. The maximum atomic E-state index is 12.7. The molecule has 2 N–H and O–H groups in total. The Kier molecular flexibility index (Phi) is 5.83. The number of nitrogens with one attached hydrogen (secondary N) is 2. The molecule has 1 saturated heterocycles. The minimum absolute atomic E-state index is 0.00912. The molecule has 4 rings (SSSR count). The Hall–Kier alpha value is -1.68. The minimum atomic E-state index is -0.767. The van der Waals surface area contributed by atoms with E-state index in [2.05, 4.69) is 15.6 Å². The normalized spacial score (nSPS) is 18.3. The van der Waals surface area contributed by atoms with Gasteiger partial charge in [-0.05, 0) is 18.9 Å². The SMILES string of the molecule is O=C(CCN1C(=O)NC2(CCCCC2)C1=O)Nc1nc(-c2cc(Cl)sc2Cl)cs1. The predicted octanol–water partition coefficient (Wildman–Crippen LogP) is 4.76. The Balaban J connectivity index is 1.34. The van der Waals surface area contributed by atoms with Crippen molar-refractivity contribution in [3.63, 3.8) is 0 Å². The zero-order chi connectivity index (χ0) is 20.6. The third-order valence-corrected chi connectivity index (χ3v) is 7.44. The maximum Gasteiger partial charge on any atom is 0.325 e. The van der Waals surface area contributed by atoms with Crippen molar-refractivity contribution in [1.82, 2.24) is 15.2 Å². The molecule has 2 aliphatic rings. The molecule has 154 valence electrons. The Bertz CT molecular complexity index is 968. The van der Waals surface area contributed by atoms with Crippen LogP contribution in [0.4, 0.5) is 9.93 Å². The summed E-state index contributed by atoms with van der Waals surface area (Å²) >= 11 is 14.6. The first kappa shape index (κ1) is 20.6. The van der Waals surface area contributed by atoms with E-state index in [4.69, 9.17) is 23.2 Å². The maximum absolute atomic E-state index is 12.7. The number of urea groups is 1. The van der Waals surface area contributed by atoms with Crippen LogP contribution in [0.5, 0.6) is 0 Å². The molecular formula is C18H18Cl2N4O3S2. The van der Waals surface area contributed by atoms with Gasteiger partial charge in [-0.1, -0.05) is 42.5 Å². The van der Waals surface area contributed by atoms with Gasteiger partial charge in [-0.2, -0.15) is 0 Å². The fourth-order valence-corrected chi connectivity index (χ4v) is 5.95. The van der Waals surface area contributed by atoms with Crippen LogP contribution in [0.1, 0.15) is 38.5 Å². The second kappa shape index (κ2) is 8.22. The van der Waals surface area contributed by atoms with Crippen LogP contribution in [0.15, 0.2) is 11.4 Å². The molecule has 0 radical (unpaired) electrons. The molecule has 0 bridgehead atoms. The van der Waals surface area contributed by atoms with Gasteiger partial charge >= 0.3 is 6.03 Å². The smallest absolute Gasteiger partial charge is 0.323 e. The zero-order valence-corrected chi connectivity index (χ0v) is 18.4. The number of thiophene rings is 1. The summed E-state index contributed by atoms with van der Waals surface area (Å²) in [5.41, 5.74) is 0.583. The van der Waals surface area contributed by atoms with Crippen molar-refractivity contribution < 1.29 is 14.4 Å². The lowest BCUT2D eigenvalue weighted by Crippen LogP contribution is -2.48. The highest BCUT2D eigenvalue weighted by Gasteiger charge is 2.51. The average molecular weight is 473 g/mol. The van der Waals surface area contributed by atoms with Gasteiger partial charge in [-0.25, -0.2) is 9.78 Å². The summed E-state index contributed by atoms with van der Waals surface area (Å²) in [6, 6.07) is 1.32. The third-order valence-electron chi connectivity index (χ3n) is 5.20. The molecule has 2 fully saturated rings. The summed E-state index contributed by atoms with van der Waals surface area (Å²) < 4.78 is 1.10. The lowest BCUT2D eigenvalue weighted by Gasteiger charge is -2.30. The summed E-state index contributed by atoms with van der Waals surface area (Å²) in [6.45, 7) is 0.0441. The number of nitrogens with zero attached hydrogens (tertiary/aromatic N) is 2. The molecule has 29 heavy (non-hydrogen) atoms. The van der Waals surface area contributed by atoms with Crippen molar-refractivity contribution >= 4 is 68.9 Å². The van der Waals surface area contributed by atoms with Gasteiger partial charge in [-0.15, -0.1) is 22.7 Å². The monoisotopic (exact) mass is 472 g/mol. The second-order valence-corrected chi connectivity index (χ2v) is 10.2. The molecule has 2 aromatic heterocycles. The summed E-state index contributed by atoms with van der Waals surface area (Å²) in [6.07, 6.45) is 4.26. The van der Waals surface area contributed by atoms with Crippen molar-refractivity contribution in [2.75, 3.05) is 11.9 Å².